The van der Waals surface area contributed by atoms with Gasteiger partial charge in [-0.15, -0.1) is 13.2 Å². The van der Waals surface area contributed by atoms with Crippen molar-refractivity contribution >= 4 is 0 Å². The maximum absolute atomic E-state index is 15.8. The van der Waals surface area contributed by atoms with Crippen molar-refractivity contribution in [2.24, 2.45) is 5.92 Å². The lowest BCUT2D eigenvalue weighted by atomic mass is 9.73. The summed E-state index contributed by atoms with van der Waals surface area (Å²) in [4.78, 5) is 0. The molecule has 2 aliphatic rings. The molecule has 44 heavy (non-hydrogen) atoms. The molecule has 1 nitrogen and oxygen atoms in total. The second kappa shape index (κ2) is 13.1. The zero-order valence-electron chi connectivity index (χ0n) is 24.2. The number of alkyl halides is 3. The lowest BCUT2D eigenvalue weighted by Crippen LogP contribution is -2.23. The average molecular weight is 629 g/mol. The fourth-order valence-corrected chi connectivity index (χ4v) is 6.93. The van der Waals surface area contributed by atoms with Gasteiger partial charge in [-0.25, -0.2) is 26.3 Å². The Morgan fingerprint density at radius 1 is 0.727 bits per heavy atom. The SMILES string of the molecule is CCCc1ccc(CCC2CCc3c(F)c(C4CCC(c5cc(F)c(OC(F)(F)F)c(F)c5)CC4)c(F)c(F)c3C2)c(F)c1. The Balaban J connectivity index is 1.26. The highest BCUT2D eigenvalue weighted by atomic mass is 19.4. The number of rotatable bonds is 8. The summed E-state index contributed by atoms with van der Waals surface area (Å²) in [6, 6.07) is 6.76. The first kappa shape index (κ1) is 32.2. The molecule has 0 aromatic heterocycles. The normalized spacial score (nSPS) is 20.5. The summed E-state index contributed by atoms with van der Waals surface area (Å²) in [6.45, 7) is 2.02. The Morgan fingerprint density at radius 3 is 2.00 bits per heavy atom. The van der Waals surface area contributed by atoms with E-state index in [1.54, 1.807) is 6.07 Å². The van der Waals surface area contributed by atoms with Gasteiger partial charge >= 0.3 is 6.36 Å². The van der Waals surface area contributed by atoms with E-state index in [4.69, 9.17) is 0 Å². The Hall–Kier alpha value is -3.17. The highest BCUT2D eigenvalue weighted by molar-refractivity contribution is 5.41. The highest BCUT2D eigenvalue weighted by Gasteiger charge is 2.37. The third-order valence-corrected chi connectivity index (χ3v) is 9.18. The molecular formula is C34H33F9O. The summed E-state index contributed by atoms with van der Waals surface area (Å²) in [5.74, 6) is -9.05. The molecule has 3 aromatic carbocycles. The summed E-state index contributed by atoms with van der Waals surface area (Å²) in [5.41, 5.74) is 1.48. The molecule has 238 valence electrons. The highest BCUT2D eigenvalue weighted by Crippen LogP contribution is 2.45. The first-order valence-corrected chi connectivity index (χ1v) is 15.1. The lowest BCUT2D eigenvalue weighted by molar-refractivity contribution is -0.276. The first-order chi connectivity index (χ1) is 20.9. The van der Waals surface area contributed by atoms with Crippen molar-refractivity contribution in [3.8, 4) is 5.75 Å². The minimum Gasteiger partial charge on any atom is -0.399 e. The second-order valence-corrected chi connectivity index (χ2v) is 12.0. The van der Waals surface area contributed by atoms with Gasteiger partial charge in [-0.3, -0.25) is 0 Å². The zero-order valence-corrected chi connectivity index (χ0v) is 24.2. The maximum Gasteiger partial charge on any atom is 0.573 e. The van der Waals surface area contributed by atoms with Crippen molar-refractivity contribution in [3.05, 3.63) is 98.6 Å². The fraction of sp³-hybridized carbons (Fsp3) is 0.471. The quantitative estimate of drug-likeness (QED) is 0.178. The molecule has 0 radical (unpaired) electrons. The van der Waals surface area contributed by atoms with Crippen LogP contribution in [0.1, 0.15) is 97.1 Å². The summed E-state index contributed by atoms with van der Waals surface area (Å²) in [7, 11) is 0. The van der Waals surface area contributed by atoms with Crippen molar-refractivity contribution in [1.82, 2.24) is 0 Å². The summed E-state index contributed by atoms with van der Waals surface area (Å²) < 4.78 is 130. The molecule has 1 fully saturated rings. The number of hydrogen-bond acceptors (Lipinski definition) is 1. The van der Waals surface area contributed by atoms with Crippen LogP contribution in [0.3, 0.4) is 0 Å². The van der Waals surface area contributed by atoms with Gasteiger partial charge in [0.15, 0.2) is 23.3 Å². The van der Waals surface area contributed by atoms with Crippen molar-refractivity contribution < 1.29 is 44.3 Å². The van der Waals surface area contributed by atoms with Gasteiger partial charge in [0.2, 0.25) is 5.75 Å². The van der Waals surface area contributed by atoms with E-state index in [0.717, 1.165) is 30.5 Å². The molecule has 1 unspecified atom stereocenters. The third kappa shape index (κ3) is 6.89. The first-order valence-electron chi connectivity index (χ1n) is 15.1. The maximum atomic E-state index is 15.8. The molecule has 0 heterocycles. The van der Waals surface area contributed by atoms with E-state index in [1.165, 1.54) is 6.07 Å². The van der Waals surface area contributed by atoms with E-state index < -0.39 is 53.0 Å². The van der Waals surface area contributed by atoms with Gasteiger partial charge in [0, 0.05) is 5.56 Å². The molecule has 0 saturated heterocycles. The van der Waals surface area contributed by atoms with Crippen LogP contribution < -0.4 is 4.74 Å². The zero-order chi connectivity index (χ0) is 31.8. The van der Waals surface area contributed by atoms with Crippen LogP contribution in [0.5, 0.6) is 5.75 Å². The molecule has 3 aromatic rings. The van der Waals surface area contributed by atoms with E-state index in [-0.39, 0.29) is 72.5 Å². The van der Waals surface area contributed by atoms with Gasteiger partial charge in [0.1, 0.15) is 11.6 Å². The Labute approximate surface area is 250 Å². The van der Waals surface area contributed by atoms with Gasteiger partial charge in [-0.2, -0.15) is 0 Å². The minimum absolute atomic E-state index is 0.0274. The smallest absolute Gasteiger partial charge is 0.399 e. The van der Waals surface area contributed by atoms with Crippen LogP contribution in [0.15, 0.2) is 30.3 Å². The molecule has 0 N–H and O–H groups in total. The van der Waals surface area contributed by atoms with Crippen molar-refractivity contribution in [1.29, 1.82) is 0 Å². The van der Waals surface area contributed by atoms with E-state index >= 15 is 13.2 Å². The number of benzene rings is 3. The molecule has 10 heteroatoms. The molecule has 5 rings (SSSR count). The van der Waals surface area contributed by atoms with Crippen LogP contribution >= 0.6 is 0 Å². The molecule has 1 saturated carbocycles. The number of hydrogen-bond donors (Lipinski definition) is 0. The van der Waals surface area contributed by atoms with Gasteiger partial charge < -0.3 is 4.74 Å². The van der Waals surface area contributed by atoms with E-state index in [9.17, 15) is 26.3 Å². The average Bonchev–Trinajstić information content (AvgIpc) is 2.97. The summed E-state index contributed by atoms with van der Waals surface area (Å²) in [6.07, 6.45) is -0.727. The third-order valence-electron chi connectivity index (χ3n) is 9.18. The predicted molar refractivity (Wildman–Crippen MR) is 148 cm³/mol. The number of ether oxygens (including phenoxy) is 1. The van der Waals surface area contributed by atoms with Crippen LogP contribution in [0, 0.1) is 40.8 Å². The van der Waals surface area contributed by atoms with Crippen LogP contribution in [0.4, 0.5) is 39.5 Å². The van der Waals surface area contributed by atoms with Gasteiger partial charge in [0.05, 0.1) is 0 Å². The Kier molecular flexibility index (Phi) is 9.56. The van der Waals surface area contributed by atoms with Gasteiger partial charge in [0.25, 0.3) is 0 Å². The fourth-order valence-electron chi connectivity index (χ4n) is 6.93. The molecule has 0 bridgehead atoms. The summed E-state index contributed by atoms with van der Waals surface area (Å²) in [5, 5.41) is 0. The van der Waals surface area contributed by atoms with Crippen LogP contribution in [-0.4, -0.2) is 6.36 Å². The van der Waals surface area contributed by atoms with E-state index in [2.05, 4.69) is 4.74 Å². The summed E-state index contributed by atoms with van der Waals surface area (Å²) >= 11 is 0. The molecule has 0 spiro atoms. The predicted octanol–water partition coefficient (Wildman–Crippen LogP) is 10.6. The Morgan fingerprint density at radius 2 is 1.39 bits per heavy atom. The van der Waals surface area contributed by atoms with Gasteiger partial charge in [-0.1, -0.05) is 25.5 Å². The topological polar surface area (TPSA) is 9.23 Å². The van der Waals surface area contributed by atoms with Crippen LogP contribution in [-0.2, 0) is 25.7 Å². The van der Waals surface area contributed by atoms with E-state index in [1.807, 2.05) is 13.0 Å². The van der Waals surface area contributed by atoms with Crippen LogP contribution in [0.25, 0.3) is 0 Å². The van der Waals surface area contributed by atoms with Gasteiger partial charge in [-0.05, 0) is 128 Å². The number of halogens is 9. The monoisotopic (exact) mass is 628 g/mol. The minimum atomic E-state index is -5.26. The molecule has 2 aliphatic carbocycles. The van der Waals surface area contributed by atoms with Crippen LogP contribution in [0.2, 0.25) is 0 Å². The Bertz CT molecular complexity index is 1480. The van der Waals surface area contributed by atoms with E-state index in [0.29, 0.717) is 24.8 Å². The second-order valence-electron chi connectivity index (χ2n) is 12.0. The molecule has 0 amide bonds. The number of aryl methyl sites for hydroxylation is 2. The van der Waals surface area contributed by atoms with Crippen molar-refractivity contribution in [2.75, 3.05) is 0 Å². The molecular weight excluding hydrogens is 595 g/mol. The standard InChI is InChI=1S/C34H33F9O/c1-2-3-18-4-7-21(26(35)15-18)8-5-19-6-13-24-25(14-19)31(39)32(40)29(30(24)38)22-11-9-20(10-12-22)23-16-27(36)33(28(37)17-23)44-34(41,42)43/h4,7,15-17,19-20,22H,2-3,5-6,8-14H2,1H3. The van der Waals surface area contributed by atoms with Crippen molar-refractivity contribution in [3.63, 3.8) is 0 Å². The number of fused-ring (bicyclic) bond motifs is 1. The lowest BCUT2D eigenvalue weighted by Gasteiger charge is -2.32. The molecule has 0 aliphatic heterocycles. The largest absolute Gasteiger partial charge is 0.573 e. The van der Waals surface area contributed by atoms with Crippen molar-refractivity contribution in [2.45, 2.75) is 95.8 Å². The molecule has 1 atom stereocenters.